The monoisotopic (exact) mass is 711 g/mol. The molecule has 4 fully saturated rings. The van der Waals surface area contributed by atoms with E-state index in [9.17, 15) is 31.5 Å². The van der Waals surface area contributed by atoms with Crippen LogP contribution in [0, 0.1) is 11.2 Å². The van der Waals surface area contributed by atoms with Crippen molar-refractivity contribution < 1.29 is 41.0 Å². The zero-order valence-corrected chi connectivity index (χ0v) is 28.5. The van der Waals surface area contributed by atoms with Crippen molar-refractivity contribution in [2.24, 2.45) is 5.41 Å². The van der Waals surface area contributed by atoms with E-state index < -0.39 is 46.7 Å². The maximum absolute atomic E-state index is 14.3. The molecule has 5 heterocycles. The molecule has 2 aromatic rings. The van der Waals surface area contributed by atoms with Gasteiger partial charge in [0, 0.05) is 50.1 Å². The van der Waals surface area contributed by atoms with Crippen LogP contribution in [-0.2, 0) is 14.9 Å². The summed E-state index contributed by atoms with van der Waals surface area (Å²) in [5, 5.41) is 11.1. The van der Waals surface area contributed by atoms with E-state index in [1.54, 1.807) is 13.8 Å². The molecule has 1 aromatic heterocycles. The van der Waals surface area contributed by atoms with Gasteiger partial charge < -0.3 is 24.4 Å². The lowest BCUT2D eigenvalue weighted by Crippen LogP contribution is -2.62. The van der Waals surface area contributed by atoms with E-state index in [-0.39, 0.29) is 35.1 Å². The van der Waals surface area contributed by atoms with E-state index in [2.05, 4.69) is 19.6 Å². The van der Waals surface area contributed by atoms with Crippen LogP contribution in [0.4, 0.5) is 19.0 Å². The number of likely N-dealkylation sites (tertiary alicyclic amines) is 1. The number of piperidine rings is 1. The number of rotatable bonds is 12. The van der Waals surface area contributed by atoms with Crippen molar-refractivity contribution in [1.29, 1.82) is 0 Å². The number of benzene rings is 1. The minimum Gasteiger partial charge on any atom is -0.451 e. The van der Waals surface area contributed by atoms with Crippen LogP contribution in [0.3, 0.4) is 0 Å². The summed E-state index contributed by atoms with van der Waals surface area (Å²) in [5.41, 5.74) is -0.150. The van der Waals surface area contributed by atoms with Crippen molar-refractivity contribution in [3.05, 3.63) is 42.1 Å². The molecule has 49 heavy (non-hydrogen) atoms. The van der Waals surface area contributed by atoms with E-state index in [1.165, 1.54) is 22.9 Å². The number of hydrogen-bond donors (Lipinski definition) is 2. The summed E-state index contributed by atoms with van der Waals surface area (Å²) in [6, 6.07) is 2.49. The summed E-state index contributed by atoms with van der Waals surface area (Å²) >= 11 is 0. The van der Waals surface area contributed by atoms with E-state index in [4.69, 9.17) is 9.47 Å². The van der Waals surface area contributed by atoms with Crippen LogP contribution < -0.4 is 14.4 Å². The third-order valence-electron chi connectivity index (χ3n) is 9.92. The van der Waals surface area contributed by atoms with Gasteiger partial charge in [-0.1, -0.05) is 0 Å². The van der Waals surface area contributed by atoms with E-state index in [0.717, 1.165) is 49.4 Å². The van der Waals surface area contributed by atoms with Gasteiger partial charge in [0.1, 0.15) is 17.9 Å². The first-order chi connectivity index (χ1) is 23.2. The Morgan fingerprint density at radius 3 is 2.51 bits per heavy atom. The van der Waals surface area contributed by atoms with Gasteiger partial charge in [-0.05, 0) is 70.8 Å². The zero-order valence-electron chi connectivity index (χ0n) is 27.7. The Kier molecular flexibility index (Phi) is 10.4. The fourth-order valence-electron chi connectivity index (χ4n) is 6.93. The molecular weight excluding hydrogens is 667 g/mol. The van der Waals surface area contributed by atoms with Gasteiger partial charge in [-0.3, -0.25) is 9.69 Å². The van der Waals surface area contributed by atoms with Crippen molar-refractivity contribution in [2.75, 3.05) is 63.9 Å². The lowest BCUT2D eigenvalue weighted by molar-refractivity contribution is -0.239. The van der Waals surface area contributed by atoms with Gasteiger partial charge in [0.15, 0.2) is 17.4 Å². The molecule has 17 heteroatoms. The maximum Gasteiger partial charge on any atom is 0.279 e. The Morgan fingerprint density at radius 1 is 1.16 bits per heavy atom. The summed E-state index contributed by atoms with van der Waals surface area (Å²) in [6.45, 7) is 6.82. The highest BCUT2D eigenvalue weighted by Crippen LogP contribution is 2.45. The van der Waals surface area contributed by atoms with Crippen molar-refractivity contribution in [3.63, 3.8) is 0 Å². The van der Waals surface area contributed by atoms with E-state index in [0.29, 0.717) is 51.4 Å². The van der Waals surface area contributed by atoms with Crippen LogP contribution in [0.2, 0.25) is 0 Å². The number of carbonyl (C=O) groups is 1. The second-order valence-corrected chi connectivity index (χ2v) is 15.6. The smallest absolute Gasteiger partial charge is 0.279 e. The highest BCUT2D eigenvalue weighted by Gasteiger charge is 2.47. The number of anilines is 1. The topological polar surface area (TPSA) is 141 Å². The molecule has 1 amide bonds. The average Bonchev–Trinajstić information content (AvgIpc) is 3.00. The van der Waals surface area contributed by atoms with Gasteiger partial charge in [-0.15, -0.1) is 0 Å². The number of nitrogens with one attached hydrogen (secondary N) is 1. The molecular formula is C32H44F3N7O6S. The molecule has 4 saturated heterocycles. The molecule has 2 atom stereocenters. The number of amides is 1. The highest BCUT2D eigenvalue weighted by molar-refractivity contribution is 7.87. The third-order valence-corrected chi connectivity index (χ3v) is 11.6. The molecule has 0 bridgehead atoms. The van der Waals surface area contributed by atoms with E-state index in [1.807, 2.05) is 4.90 Å². The molecule has 4 aliphatic rings. The number of aromatic nitrogens is 2. The van der Waals surface area contributed by atoms with Crippen LogP contribution in [-0.4, -0.2) is 127 Å². The minimum absolute atomic E-state index is 0.00800. The molecule has 13 nitrogen and oxygen atoms in total. The molecule has 0 radical (unpaired) electrons. The number of β-amino-alcohol motifs (C(OH)–C–C–N with tert-alkyl or cyclic N) is 1. The minimum atomic E-state index is -3.52. The summed E-state index contributed by atoms with van der Waals surface area (Å²) in [4.78, 5) is 27.0. The number of halogens is 3. The lowest BCUT2D eigenvalue weighted by Gasteiger charge is -2.55. The first kappa shape index (κ1) is 35.7. The molecule has 0 aliphatic carbocycles. The van der Waals surface area contributed by atoms with E-state index >= 15 is 0 Å². The van der Waals surface area contributed by atoms with Gasteiger partial charge in [-0.2, -0.15) is 17.4 Å². The van der Waals surface area contributed by atoms with Gasteiger partial charge in [0.25, 0.3) is 22.5 Å². The van der Waals surface area contributed by atoms with Crippen LogP contribution >= 0.6 is 0 Å². The van der Waals surface area contributed by atoms with Crippen LogP contribution in [0.25, 0.3) is 0 Å². The van der Waals surface area contributed by atoms with Crippen molar-refractivity contribution in [1.82, 2.24) is 28.8 Å². The molecule has 0 saturated carbocycles. The molecule has 1 aromatic carbocycles. The predicted octanol–water partition coefficient (Wildman–Crippen LogP) is 2.83. The fourth-order valence-corrected chi connectivity index (χ4v) is 8.43. The third kappa shape index (κ3) is 8.12. The second kappa shape index (κ2) is 14.3. The first-order valence-corrected chi connectivity index (χ1v) is 18.2. The Labute approximate surface area is 284 Å². The summed E-state index contributed by atoms with van der Waals surface area (Å²) in [6.07, 6.45) is 3.53. The van der Waals surface area contributed by atoms with Crippen LogP contribution in [0.15, 0.2) is 30.7 Å². The molecule has 270 valence electrons. The number of alkyl halides is 2. The van der Waals surface area contributed by atoms with Gasteiger partial charge in [0.2, 0.25) is 0 Å². The maximum atomic E-state index is 14.3. The number of aliphatic hydroxyl groups is 1. The van der Waals surface area contributed by atoms with Crippen LogP contribution in [0.5, 0.6) is 11.5 Å². The van der Waals surface area contributed by atoms with Crippen molar-refractivity contribution in [3.8, 4) is 11.5 Å². The predicted molar refractivity (Wildman–Crippen MR) is 173 cm³/mol. The summed E-state index contributed by atoms with van der Waals surface area (Å²) < 4.78 is 81.6. The summed E-state index contributed by atoms with van der Waals surface area (Å²) in [7, 11) is -3.52. The Balaban J connectivity index is 1.03. The number of hydrogen-bond acceptors (Lipinski definition) is 10. The second-order valence-electron chi connectivity index (χ2n) is 13.9. The Morgan fingerprint density at radius 2 is 1.90 bits per heavy atom. The highest BCUT2D eigenvalue weighted by atomic mass is 32.2. The van der Waals surface area contributed by atoms with Crippen LogP contribution in [0.1, 0.15) is 56.3 Å². The molecule has 1 spiro atoms. The molecule has 4 aliphatic heterocycles. The number of nitrogens with zero attached hydrogens (tertiary/aromatic N) is 6. The quantitative estimate of drug-likeness (QED) is 0.338. The van der Waals surface area contributed by atoms with Crippen molar-refractivity contribution >= 4 is 21.9 Å². The largest absolute Gasteiger partial charge is 0.451 e. The Hall–Kier alpha value is -3.09. The molecule has 2 N–H and O–H groups in total. The average molecular weight is 712 g/mol. The molecule has 6 rings (SSSR count). The molecule has 0 unspecified atom stereocenters. The zero-order chi connectivity index (χ0) is 35.0. The number of carbonyl (C=O) groups excluding carboxylic acids is 1. The first-order valence-electron chi connectivity index (χ1n) is 16.7. The Bertz CT molecular complexity index is 1590. The number of ether oxygens (including phenoxy) is 2. The summed E-state index contributed by atoms with van der Waals surface area (Å²) in [5.74, 6) is -2.05. The van der Waals surface area contributed by atoms with Gasteiger partial charge in [0.05, 0.1) is 31.5 Å². The van der Waals surface area contributed by atoms with Gasteiger partial charge >= 0.3 is 0 Å². The van der Waals surface area contributed by atoms with Gasteiger partial charge in [-0.25, -0.2) is 23.1 Å². The lowest BCUT2D eigenvalue weighted by atomic mass is 9.72. The fraction of sp³-hybridized carbons (Fsp3) is 0.656. The SMILES string of the molecule is CC(C)N(CC(F)F)C(=O)c1cc(F)ccc1Oc1cncnc1N1CC2(CCN(C[C@@]3(O)CC[C@@H](NS(=O)(=O)N4CCC4)CO3)CC2)C1. The normalized spacial score (nSPS) is 24.6. The standard InChI is InChI=1S/C32H44F3N7O6S/c1-22(2)42(16-28(34)35)30(43)25-14-23(33)4-5-26(25)48-27-15-36-21-37-29(27)40-18-31(19-40)8-12-39(13-9-31)20-32(44)7-6-24(17-47-32)38-49(45,46)41-10-3-11-41/h4-5,14-15,21-22,24,28,38,44H,3,6-13,16-20H2,1-2H3/t24-,32-/m1/s1. The van der Waals surface area contributed by atoms with Crippen molar-refractivity contribution in [2.45, 2.75) is 70.2 Å².